The lowest BCUT2D eigenvalue weighted by atomic mass is 10.1. The number of nitrogens with one attached hydrogen (secondary N) is 2. The van der Waals surface area contributed by atoms with Gasteiger partial charge in [-0.05, 0) is 65.4 Å². The molecule has 0 unspecified atom stereocenters. The number of ether oxygens (including phenoxy) is 1. The highest BCUT2D eigenvalue weighted by atomic mass is 19.4. The number of nitrogens with zero attached hydrogens (tertiary/aromatic N) is 3. The van der Waals surface area contributed by atoms with E-state index >= 15 is 0 Å². The number of H-pyrrole nitrogens is 1. The summed E-state index contributed by atoms with van der Waals surface area (Å²) in [4.78, 5) is 0. The molecule has 0 bridgehead atoms. The zero-order chi connectivity index (χ0) is 21.0. The van der Waals surface area contributed by atoms with Crippen LogP contribution in [0.5, 0.6) is 11.5 Å². The van der Waals surface area contributed by atoms with Gasteiger partial charge in [0, 0.05) is 17.8 Å². The van der Waals surface area contributed by atoms with Crippen LogP contribution in [-0.4, -0.2) is 20.6 Å². The Bertz CT molecular complexity index is 1110. The normalized spacial score (nSPS) is 11.3. The van der Waals surface area contributed by atoms with Crippen LogP contribution >= 0.6 is 0 Å². The molecule has 0 radical (unpaired) electrons. The second-order valence-electron chi connectivity index (χ2n) is 6.44. The Kier molecular flexibility index (Phi) is 5.34. The van der Waals surface area contributed by atoms with Crippen LogP contribution in [0.25, 0.3) is 11.4 Å². The zero-order valence-corrected chi connectivity index (χ0v) is 15.5. The lowest BCUT2D eigenvalue weighted by Gasteiger charge is -2.11. The summed E-state index contributed by atoms with van der Waals surface area (Å²) in [5, 5.41) is 17.1. The van der Waals surface area contributed by atoms with Crippen LogP contribution in [-0.2, 0) is 12.7 Å². The lowest BCUT2D eigenvalue weighted by molar-refractivity contribution is -0.137. The molecule has 2 N–H and O–H groups in total. The van der Waals surface area contributed by atoms with Crippen LogP contribution in [0.4, 0.5) is 18.9 Å². The number of anilines is 1. The van der Waals surface area contributed by atoms with E-state index in [1.165, 1.54) is 12.1 Å². The van der Waals surface area contributed by atoms with E-state index in [1.54, 1.807) is 18.2 Å². The van der Waals surface area contributed by atoms with Crippen molar-refractivity contribution in [2.45, 2.75) is 12.7 Å². The van der Waals surface area contributed by atoms with Gasteiger partial charge < -0.3 is 10.1 Å². The number of benzene rings is 3. The number of aromatic nitrogens is 4. The molecule has 0 amide bonds. The maximum atomic E-state index is 12.9. The molecule has 0 atom stereocenters. The minimum atomic E-state index is -4.41. The summed E-state index contributed by atoms with van der Waals surface area (Å²) < 4.78 is 44.2. The molecule has 152 valence electrons. The summed E-state index contributed by atoms with van der Waals surface area (Å²) in [5.41, 5.74) is 1.90. The fourth-order valence-electron chi connectivity index (χ4n) is 2.82. The van der Waals surface area contributed by atoms with Gasteiger partial charge in [-0.25, -0.2) is 0 Å². The summed E-state index contributed by atoms with van der Waals surface area (Å²) in [6.07, 6.45) is -4.41. The van der Waals surface area contributed by atoms with Gasteiger partial charge in [-0.2, -0.15) is 18.4 Å². The van der Waals surface area contributed by atoms with Crippen molar-refractivity contribution in [1.29, 1.82) is 0 Å². The molecular formula is C21H16F3N5O. The Balaban J connectivity index is 1.40. The third kappa shape index (κ3) is 4.75. The highest BCUT2D eigenvalue weighted by Gasteiger charge is 2.30. The number of aromatic amines is 1. The van der Waals surface area contributed by atoms with Crippen molar-refractivity contribution in [2.75, 3.05) is 5.32 Å². The molecule has 4 aromatic rings. The van der Waals surface area contributed by atoms with Gasteiger partial charge in [0.15, 0.2) is 0 Å². The Morgan fingerprint density at radius 2 is 1.63 bits per heavy atom. The standard InChI is InChI=1S/C21H16F3N5O/c22-21(23,24)16-4-2-6-19(12-16)30-18-5-1-3-14(11-18)13-25-17-9-7-15(8-10-17)20-26-28-29-27-20/h1-12,25H,13H2,(H,26,27,28,29). The topological polar surface area (TPSA) is 75.7 Å². The van der Waals surface area contributed by atoms with Crippen LogP contribution in [0.3, 0.4) is 0 Å². The highest BCUT2D eigenvalue weighted by Crippen LogP contribution is 2.32. The summed E-state index contributed by atoms with van der Waals surface area (Å²) in [7, 11) is 0. The maximum Gasteiger partial charge on any atom is 0.416 e. The number of hydrogen-bond acceptors (Lipinski definition) is 5. The first kappa shape index (κ1) is 19.4. The first-order chi connectivity index (χ1) is 14.5. The largest absolute Gasteiger partial charge is 0.457 e. The summed E-state index contributed by atoms with van der Waals surface area (Å²) >= 11 is 0. The van der Waals surface area contributed by atoms with Gasteiger partial charge in [-0.15, -0.1) is 10.2 Å². The summed E-state index contributed by atoms with van der Waals surface area (Å²) in [5.74, 6) is 1.11. The average Bonchev–Trinajstić information content (AvgIpc) is 3.27. The van der Waals surface area contributed by atoms with Crippen molar-refractivity contribution in [1.82, 2.24) is 20.6 Å². The molecule has 4 rings (SSSR count). The van der Waals surface area contributed by atoms with Crippen LogP contribution in [0.15, 0.2) is 72.8 Å². The third-order valence-corrected chi connectivity index (χ3v) is 4.28. The predicted molar refractivity (Wildman–Crippen MR) is 105 cm³/mol. The molecule has 1 heterocycles. The minimum absolute atomic E-state index is 0.131. The Hall–Kier alpha value is -3.88. The van der Waals surface area contributed by atoms with Gasteiger partial charge in [0.1, 0.15) is 11.5 Å². The van der Waals surface area contributed by atoms with Gasteiger partial charge in [0.05, 0.1) is 5.56 Å². The van der Waals surface area contributed by atoms with Gasteiger partial charge in [-0.3, -0.25) is 0 Å². The first-order valence-corrected chi connectivity index (χ1v) is 8.99. The average molecular weight is 411 g/mol. The number of tetrazole rings is 1. The van der Waals surface area contributed by atoms with Gasteiger partial charge in [0.2, 0.25) is 5.82 Å². The van der Waals surface area contributed by atoms with E-state index in [2.05, 4.69) is 25.9 Å². The fourth-order valence-corrected chi connectivity index (χ4v) is 2.82. The highest BCUT2D eigenvalue weighted by molar-refractivity contribution is 5.59. The van der Waals surface area contributed by atoms with E-state index < -0.39 is 11.7 Å². The molecule has 0 saturated heterocycles. The second kappa shape index (κ2) is 8.24. The molecule has 0 aliphatic heterocycles. The molecule has 0 fully saturated rings. The molecule has 6 nitrogen and oxygen atoms in total. The number of alkyl halides is 3. The Morgan fingerprint density at radius 3 is 2.33 bits per heavy atom. The molecule has 0 saturated carbocycles. The first-order valence-electron chi connectivity index (χ1n) is 8.99. The number of halogens is 3. The number of hydrogen-bond donors (Lipinski definition) is 2. The van der Waals surface area contributed by atoms with E-state index in [0.29, 0.717) is 18.1 Å². The van der Waals surface area contributed by atoms with Crippen LogP contribution < -0.4 is 10.1 Å². The zero-order valence-electron chi connectivity index (χ0n) is 15.5. The molecular weight excluding hydrogens is 395 g/mol. The fraction of sp³-hybridized carbons (Fsp3) is 0.0952. The lowest BCUT2D eigenvalue weighted by Crippen LogP contribution is -2.04. The van der Waals surface area contributed by atoms with E-state index in [9.17, 15) is 13.2 Å². The van der Waals surface area contributed by atoms with Gasteiger partial charge in [-0.1, -0.05) is 18.2 Å². The molecule has 1 aromatic heterocycles. The van der Waals surface area contributed by atoms with E-state index in [4.69, 9.17) is 4.74 Å². The van der Waals surface area contributed by atoms with E-state index in [0.717, 1.165) is 28.9 Å². The van der Waals surface area contributed by atoms with Crippen molar-refractivity contribution in [3.8, 4) is 22.9 Å². The van der Waals surface area contributed by atoms with Crippen molar-refractivity contribution in [2.24, 2.45) is 0 Å². The van der Waals surface area contributed by atoms with Crippen molar-refractivity contribution < 1.29 is 17.9 Å². The maximum absolute atomic E-state index is 12.9. The quantitative estimate of drug-likeness (QED) is 0.451. The van der Waals surface area contributed by atoms with E-state index in [-0.39, 0.29) is 5.75 Å². The monoisotopic (exact) mass is 411 g/mol. The molecule has 3 aromatic carbocycles. The molecule has 9 heteroatoms. The third-order valence-electron chi connectivity index (χ3n) is 4.28. The van der Waals surface area contributed by atoms with Crippen molar-refractivity contribution in [3.63, 3.8) is 0 Å². The second-order valence-corrected chi connectivity index (χ2v) is 6.44. The van der Waals surface area contributed by atoms with Crippen LogP contribution in [0, 0.1) is 0 Å². The van der Waals surface area contributed by atoms with Crippen molar-refractivity contribution >= 4 is 5.69 Å². The van der Waals surface area contributed by atoms with Gasteiger partial charge >= 0.3 is 6.18 Å². The smallest absolute Gasteiger partial charge is 0.416 e. The predicted octanol–water partition coefficient (Wildman–Crippen LogP) is 5.29. The van der Waals surface area contributed by atoms with Crippen LogP contribution in [0.1, 0.15) is 11.1 Å². The Morgan fingerprint density at radius 1 is 0.900 bits per heavy atom. The molecule has 30 heavy (non-hydrogen) atoms. The van der Waals surface area contributed by atoms with E-state index in [1.807, 2.05) is 30.3 Å². The SMILES string of the molecule is FC(F)(F)c1cccc(Oc2cccc(CNc3ccc(-c4nn[nH]n4)cc3)c2)c1. The summed E-state index contributed by atoms with van der Waals surface area (Å²) in [6, 6.07) is 19.5. The summed E-state index contributed by atoms with van der Waals surface area (Å²) in [6.45, 7) is 0.515. The molecule has 0 aliphatic carbocycles. The van der Waals surface area contributed by atoms with Gasteiger partial charge in [0.25, 0.3) is 0 Å². The van der Waals surface area contributed by atoms with Crippen molar-refractivity contribution in [3.05, 3.63) is 83.9 Å². The minimum Gasteiger partial charge on any atom is -0.457 e. The molecule has 0 aliphatic rings. The van der Waals surface area contributed by atoms with Crippen LogP contribution in [0.2, 0.25) is 0 Å². The Labute approximate surface area is 169 Å². The number of rotatable bonds is 6. The molecule has 0 spiro atoms.